The average Bonchev–Trinajstić information content (AvgIpc) is 2.11. The Morgan fingerprint density at radius 2 is 1.67 bits per heavy atom. The van der Waals surface area contributed by atoms with E-state index in [1.54, 1.807) is 0 Å². The molecule has 0 heterocycles. The van der Waals surface area contributed by atoms with Gasteiger partial charge in [-0.3, -0.25) is 4.99 Å². The molecule has 0 unspecified atom stereocenters. The van der Waals surface area contributed by atoms with Crippen molar-refractivity contribution in [2.75, 3.05) is 5.88 Å². The van der Waals surface area contributed by atoms with E-state index in [4.69, 9.17) is 0 Å². The van der Waals surface area contributed by atoms with Crippen molar-refractivity contribution >= 4 is 18.3 Å². The summed E-state index contributed by atoms with van der Waals surface area (Å²) in [7, 11) is 0. The van der Waals surface area contributed by atoms with Gasteiger partial charge in [-0.2, -0.15) is 12.6 Å². The molecule has 106 valence electrons. The highest BCUT2D eigenvalue weighted by Gasteiger charge is 2.21. The molecular formula is C15H30N2S. The van der Waals surface area contributed by atoms with E-state index in [2.05, 4.69) is 84.0 Å². The summed E-state index contributed by atoms with van der Waals surface area (Å²) in [5.41, 5.74) is 2.44. The molecule has 0 aliphatic rings. The van der Waals surface area contributed by atoms with Crippen LogP contribution in [0.5, 0.6) is 0 Å². The van der Waals surface area contributed by atoms with Crippen LogP contribution in [0.15, 0.2) is 16.8 Å². The zero-order valence-electron chi connectivity index (χ0n) is 13.3. The molecule has 0 fully saturated rings. The lowest BCUT2D eigenvalue weighted by Gasteiger charge is -2.38. The zero-order chi connectivity index (χ0) is 14.6. The Labute approximate surface area is 119 Å². The van der Waals surface area contributed by atoms with E-state index in [1.165, 1.54) is 5.70 Å². The van der Waals surface area contributed by atoms with Crippen molar-refractivity contribution in [2.45, 2.75) is 72.9 Å². The van der Waals surface area contributed by atoms with Gasteiger partial charge in [0.1, 0.15) is 0 Å². The molecule has 0 saturated carbocycles. The third kappa shape index (κ3) is 6.48. The van der Waals surface area contributed by atoms with E-state index in [-0.39, 0.29) is 11.1 Å². The molecule has 0 saturated heterocycles. The van der Waals surface area contributed by atoms with E-state index in [0.717, 1.165) is 18.0 Å². The van der Waals surface area contributed by atoms with E-state index in [1.807, 2.05) is 0 Å². The fourth-order valence-electron chi connectivity index (χ4n) is 1.91. The first kappa shape index (κ1) is 17.6. The molecule has 0 aromatic rings. The Morgan fingerprint density at radius 1 is 1.17 bits per heavy atom. The van der Waals surface area contributed by atoms with Crippen molar-refractivity contribution in [3.8, 4) is 0 Å². The SMILES string of the molecule is CC/C(=C/C(C)=N/C(C)(C)C)N(CS)C(C)(C)C. The molecule has 3 heteroatoms. The quantitative estimate of drug-likeness (QED) is 0.451. The van der Waals surface area contributed by atoms with Crippen molar-refractivity contribution in [1.82, 2.24) is 4.90 Å². The molecule has 0 amide bonds. The molecule has 0 rings (SSSR count). The van der Waals surface area contributed by atoms with Gasteiger partial charge < -0.3 is 4.90 Å². The van der Waals surface area contributed by atoms with Crippen LogP contribution in [0.25, 0.3) is 0 Å². The van der Waals surface area contributed by atoms with Crippen LogP contribution in [-0.2, 0) is 0 Å². The fourth-order valence-corrected chi connectivity index (χ4v) is 2.51. The number of rotatable bonds is 4. The van der Waals surface area contributed by atoms with E-state index in [9.17, 15) is 0 Å². The molecule has 2 nitrogen and oxygen atoms in total. The van der Waals surface area contributed by atoms with E-state index >= 15 is 0 Å². The van der Waals surface area contributed by atoms with Gasteiger partial charge >= 0.3 is 0 Å². The summed E-state index contributed by atoms with van der Waals surface area (Å²) >= 11 is 4.46. The molecule has 0 aromatic carbocycles. The van der Waals surface area contributed by atoms with Gasteiger partial charge in [0.25, 0.3) is 0 Å². The minimum absolute atomic E-state index is 0.0209. The maximum atomic E-state index is 4.68. The molecule has 0 radical (unpaired) electrons. The smallest absolute Gasteiger partial charge is 0.0612 e. The summed E-state index contributed by atoms with van der Waals surface area (Å²) < 4.78 is 0. The maximum absolute atomic E-state index is 4.68. The third-order valence-electron chi connectivity index (χ3n) is 2.55. The van der Waals surface area contributed by atoms with Gasteiger partial charge in [0, 0.05) is 16.9 Å². The standard InChI is InChI=1S/C15H30N2S/c1-9-13(17(11-18)15(6,7)8)10-12(2)16-14(3,4)5/h10,18H,9,11H2,1-8H3/b13-10-,16-12+. The summed E-state index contributed by atoms with van der Waals surface area (Å²) in [6.07, 6.45) is 3.18. The van der Waals surface area contributed by atoms with Crippen LogP contribution in [0.3, 0.4) is 0 Å². The molecule has 0 bridgehead atoms. The summed E-state index contributed by atoms with van der Waals surface area (Å²) in [4.78, 5) is 7.00. The Morgan fingerprint density at radius 3 is 1.94 bits per heavy atom. The summed E-state index contributed by atoms with van der Waals surface area (Å²) in [6, 6.07) is 0. The first-order valence-corrected chi connectivity index (χ1v) is 7.30. The van der Waals surface area contributed by atoms with Crippen molar-refractivity contribution < 1.29 is 0 Å². The first-order chi connectivity index (χ1) is 8.01. The van der Waals surface area contributed by atoms with Crippen molar-refractivity contribution in [3.63, 3.8) is 0 Å². The molecule has 0 aliphatic carbocycles. The lowest BCUT2D eigenvalue weighted by atomic mass is 10.0. The highest BCUT2D eigenvalue weighted by atomic mass is 32.1. The van der Waals surface area contributed by atoms with Gasteiger partial charge in [-0.05, 0) is 61.0 Å². The molecular weight excluding hydrogens is 240 g/mol. The van der Waals surface area contributed by atoms with E-state index < -0.39 is 0 Å². The number of hydrogen-bond donors (Lipinski definition) is 1. The van der Waals surface area contributed by atoms with Crippen molar-refractivity contribution in [1.29, 1.82) is 0 Å². The number of nitrogens with zero attached hydrogens (tertiary/aromatic N) is 2. The molecule has 0 aliphatic heterocycles. The Bertz CT molecular complexity index is 316. The molecule has 0 atom stereocenters. The monoisotopic (exact) mass is 270 g/mol. The van der Waals surface area contributed by atoms with Gasteiger partial charge in [-0.1, -0.05) is 6.92 Å². The summed E-state index contributed by atoms with van der Waals surface area (Å²) in [5.74, 6) is 0.728. The van der Waals surface area contributed by atoms with Gasteiger partial charge in [0.2, 0.25) is 0 Å². The van der Waals surface area contributed by atoms with Gasteiger partial charge in [0.15, 0.2) is 0 Å². The summed E-state index contributed by atoms with van der Waals surface area (Å²) in [6.45, 7) is 17.2. The number of aliphatic imine (C=N–C) groups is 1. The lowest BCUT2D eigenvalue weighted by Crippen LogP contribution is -2.39. The predicted octanol–water partition coefficient (Wildman–Crippen LogP) is 4.53. The largest absolute Gasteiger partial charge is 0.361 e. The van der Waals surface area contributed by atoms with Crippen LogP contribution in [0.1, 0.15) is 61.8 Å². The second kappa shape index (κ2) is 6.65. The fraction of sp³-hybridized carbons (Fsp3) is 0.800. The second-order valence-electron chi connectivity index (χ2n) is 6.65. The minimum atomic E-state index is -0.0209. The van der Waals surface area contributed by atoms with Crippen molar-refractivity contribution in [3.05, 3.63) is 11.8 Å². The van der Waals surface area contributed by atoms with Crippen molar-refractivity contribution in [2.24, 2.45) is 4.99 Å². The number of hydrogen-bond acceptors (Lipinski definition) is 3. The predicted molar refractivity (Wildman–Crippen MR) is 86.7 cm³/mol. The number of thiol groups is 1. The highest BCUT2D eigenvalue weighted by Crippen LogP contribution is 2.22. The van der Waals surface area contributed by atoms with Gasteiger partial charge in [0.05, 0.1) is 11.4 Å². The second-order valence-corrected chi connectivity index (χ2v) is 6.94. The average molecular weight is 270 g/mol. The Balaban J connectivity index is 5.25. The highest BCUT2D eigenvalue weighted by molar-refractivity contribution is 7.80. The van der Waals surface area contributed by atoms with E-state index in [0.29, 0.717) is 0 Å². The first-order valence-electron chi connectivity index (χ1n) is 6.66. The van der Waals surface area contributed by atoms with Crippen LogP contribution in [-0.4, -0.2) is 27.6 Å². The van der Waals surface area contributed by atoms with Crippen LogP contribution in [0.4, 0.5) is 0 Å². The zero-order valence-corrected chi connectivity index (χ0v) is 14.2. The molecule has 0 spiro atoms. The Hall–Kier alpha value is -0.440. The Kier molecular flexibility index (Phi) is 6.48. The van der Waals surface area contributed by atoms with Crippen LogP contribution < -0.4 is 0 Å². The molecule has 18 heavy (non-hydrogen) atoms. The normalized spacial score (nSPS) is 14.9. The topological polar surface area (TPSA) is 15.6 Å². The van der Waals surface area contributed by atoms with Gasteiger partial charge in [-0.15, -0.1) is 0 Å². The van der Waals surface area contributed by atoms with Crippen LogP contribution >= 0.6 is 12.6 Å². The maximum Gasteiger partial charge on any atom is 0.0612 e. The molecule has 0 N–H and O–H groups in total. The van der Waals surface area contributed by atoms with Gasteiger partial charge in [-0.25, -0.2) is 0 Å². The lowest BCUT2D eigenvalue weighted by molar-refractivity contribution is 0.213. The summed E-state index contributed by atoms with van der Waals surface area (Å²) in [5, 5.41) is 0. The molecule has 0 aromatic heterocycles. The van der Waals surface area contributed by atoms with Crippen LogP contribution in [0, 0.1) is 0 Å². The van der Waals surface area contributed by atoms with Crippen LogP contribution in [0.2, 0.25) is 0 Å². The third-order valence-corrected chi connectivity index (χ3v) is 2.83. The number of allylic oxidation sites excluding steroid dienone is 2. The minimum Gasteiger partial charge on any atom is -0.361 e.